The number of carbonyl (C=O) groups is 1. The second kappa shape index (κ2) is 6.99. The summed E-state index contributed by atoms with van der Waals surface area (Å²) in [5, 5.41) is 7.24. The van der Waals surface area contributed by atoms with Gasteiger partial charge in [-0.25, -0.2) is 0 Å². The first kappa shape index (κ1) is 16.6. The van der Waals surface area contributed by atoms with Crippen molar-refractivity contribution >= 4 is 29.9 Å². The molecule has 1 heterocycles. The van der Waals surface area contributed by atoms with Crippen LogP contribution in [0.1, 0.15) is 37.7 Å². The number of carbonyl (C=O) groups excluding carboxylic acids is 1. The van der Waals surface area contributed by atoms with Crippen molar-refractivity contribution in [3.8, 4) is 0 Å². The molecule has 1 aliphatic heterocycles. The van der Waals surface area contributed by atoms with Crippen molar-refractivity contribution < 1.29 is 4.79 Å². The van der Waals surface area contributed by atoms with E-state index in [2.05, 4.69) is 10.6 Å². The van der Waals surface area contributed by atoms with Crippen molar-refractivity contribution in [3.63, 3.8) is 0 Å². The fourth-order valence-electron chi connectivity index (χ4n) is 3.51. The maximum atomic E-state index is 12.9. The number of rotatable bonds is 3. The zero-order chi connectivity index (χ0) is 14.0. The summed E-state index contributed by atoms with van der Waals surface area (Å²) in [5.41, 5.74) is 0.707. The maximum absolute atomic E-state index is 12.9. The fraction of sp³-hybridized carbons (Fsp3) is 0.562. The highest BCUT2D eigenvalue weighted by molar-refractivity contribution is 6.30. The molecular formula is C16H22Cl2N2O. The summed E-state index contributed by atoms with van der Waals surface area (Å²) in [6.45, 7) is 1.88. The second-order valence-corrected chi connectivity index (χ2v) is 6.40. The van der Waals surface area contributed by atoms with Crippen LogP contribution in [0.4, 0.5) is 0 Å². The molecule has 5 heteroatoms. The maximum Gasteiger partial charge on any atom is 0.230 e. The van der Waals surface area contributed by atoms with E-state index >= 15 is 0 Å². The number of benzene rings is 1. The zero-order valence-corrected chi connectivity index (χ0v) is 13.6. The van der Waals surface area contributed by atoms with E-state index < -0.39 is 0 Å². The zero-order valence-electron chi connectivity index (χ0n) is 12.0. The van der Waals surface area contributed by atoms with E-state index in [1.807, 2.05) is 24.3 Å². The fourth-order valence-corrected chi connectivity index (χ4v) is 3.70. The van der Waals surface area contributed by atoms with Gasteiger partial charge in [0.2, 0.25) is 5.91 Å². The van der Waals surface area contributed by atoms with E-state index in [1.54, 1.807) is 0 Å². The van der Waals surface area contributed by atoms with Gasteiger partial charge in [0.05, 0.1) is 5.41 Å². The third-order valence-corrected chi connectivity index (χ3v) is 4.90. The lowest BCUT2D eigenvalue weighted by atomic mass is 9.78. The van der Waals surface area contributed by atoms with Crippen molar-refractivity contribution in [2.75, 3.05) is 13.1 Å². The second-order valence-electron chi connectivity index (χ2n) is 5.96. The van der Waals surface area contributed by atoms with Gasteiger partial charge in [0.1, 0.15) is 0 Å². The number of halogens is 2. The molecule has 1 aromatic rings. The van der Waals surface area contributed by atoms with Gasteiger partial charge in [-0.3, -0.25) is 4.79 Å². The number of amides is 1. The van der Waals surface area contributed by atoms with E-state index in [1.165, 1.54) is 0 Å². The molecule has 2 fully saturated rings. The number of hydrogen-bond acceptors (Lipinski definition) is 2. The summed E-state index contributed by atoms with van der Waals surface area (Å²) in [7, 11) is 0. The van der Waals surface area contributed by atoms with Gasteiger partial charge in [-0.05, 0) is 43.5 Å². The molecule has 116 valence electrons. The Hall–Kier alpha value is -0.770. The Balaban J connectivity index is 0.00000161. The van der Waals surface area contributed by atoms with Crippen LogP contribution >= 0.6 is 24.0 Å². The first-order chi connectivity index (χ1) is 9.71. The minimum Gasteiger partial charge on any atom is -0.351 e. The van der Waals surface area contributed by atoms with Crippen LogP contribution in [0.2, 0.25) is 5.02 Å². The molecule has 0 radical (unpaired) electrons. The summed E-state index contributed by atoms with van der Waals surface area (Å²) < 4.78 is 0. The molecule has 1 unspecified atom stereocenters. The highest BCUT2D eigenvalue weighted by atomic mass is 35.5. The molecule has 1 aliphatic carbocycles. The van der Waals surface area contributed by atoms with Gasteiger partial charge >= 0.3 is 0 Å². The molecule has 0 bridgehead atoms. The normalized spacial score (nSPS) is 23.6. The Morgan fingerprint density at radius 1 is 1.33 bits per heavy atom. The van der Waals surface area contributed by atoms with Crippen LogP contribution in [-0.4, -0.2) is 25.0 Å². The van der Waals surface area contributed by atoms with Gasteiger partial charge in [-0.1, -0.05) is 36.6 Å². The third-order valence-electron chi connectivity index (χ3n) is 4.66. The Morgan fingerprint density at radius 2 is 2.10 bits per heavy atom. The Bertz CT molecular complexity index is 495. The average molecular weight is 329 g/mol. The van der Waals surface area contributed by atoms with Crippen LogP contribution in [0, 0.1) is 0 Å². The van der Waals surface area contributed by atoms with Crippen LogP contribution in [0.25, 0.3) is 0 Å². The van der Waals surface area contributed by atoms with Crippen molar-refractivity contribution in [1.82, 2.24) is 10.6 Å². The van der Waals surface area contributed by atoms with Crippen LogP contribution < -0.4 is 10.6 Å². The van der Waals surface area contributed by atoms with Gasteiger partial charge < -0.3 is 10.6 Å². The molecule has 0 spiro atoms. The molecule has 1 aromatic carbocycles. The van der Waals surface area contributed by atoms with E-state index in [9.17, 15) is 4.79 Å². The molecule has 2 aliphatic rings. The third kappa shape index (κ3) is 3.36. The monoisotopic (exact) mass is 328 g/mol. The van der Waals surface area contributed by atoms with Crippen molar-refractivity contribution in [3.05, 3.63) is 34.9 Å². The highest BCUT2D eigenvalue weighted by Gasteiger charge is 2.43. The molecule has 1 saturated heterocycles. The SMILES string of the molecule is Cl.O=C(NC1CCNC1)C1(c2cccc(Cl)c2)CCCC1. The Labute approximate surface area is 137 Å². The van der Waals surface area contributed by atoms with Crippen LogP contribution in [-0.2, 0) is 10.2 Å². The summed E-state index contributed by atoms with van der Waals surface area (Å²) >= 11 is 6.12. The molecule has 0 aromatic heterocycles. The quantitative estimate of drug-likeness (QED) is 0.895. The van der Waals surface area contributed by atoms with E-state index in [0.29, 0.717) is 5.02 Å². The Kier molecular flexibility index (Phi) is 5.53. The largest absolute Gasteiger partial charge is 0.351 e. The molecule has 3 rings (SSSR count). The van der Waals surface area contributed by atoms with Gasteiger partial charge in [0.25, 0.3) is 0 Å². The first-order valence-electron chi connectivity index (χ1n) is 7.48. The average Bonchev–Trinajstić information content (AvgIpc) is 3.10. The van der Waals surface area contributed by atoms with Crippen LogP contribution in [0.3, 0.4) is 0 Å². The molecule has 1 atom stereocenters. The smallest absolute Gasteiger partial charge is 0.230 e. The highest BCUT2D eigenvalue weighted by Crippen LogP contribution is 2.42. The minimum absolute atomic E-state index is 0. The van der Waals surface area contributed by atoms with E-state index in [-0.39, 0.29) is 29.8 Å². The first-order valence-corrected chi connectivity index (χ1v) is 7.86. The summed E-state index contributed by atoms with van der Waals surface area (Å²) in [6.07, 6.45) is 5.11. The van der Waals surface area contributed by atoms with E-state index in [0.717, 1.165) is 50.8 Å². The lowest BCUT2D eigenvalue weighted by Crippen LogP contribution is -2.47. The van der Waals surface area contributed by atoms with Gasteiger partial charge in [0.15, 0.2) is 0 Å². The summed E-state index contributed by atoms with van der Waals surface area (Å²) in [4.78, 5) is 12.9. The van der Waals surface area contributed by atoms with Gasteiger partial charge in [0, 0.05) is 17.6 Å². The minimum atomic E-state index is -0.368. The van der Waals surface area contributed by atoms with Gasteiger partial charge in [-0.2, -0.15) is 0 Å². The van der Waals surface area contributed by atoms with Crippen molar-refractivity contribution in [1.29, 1.82) is 0 Å². The predicted molar refractivity (Wildman–Crippen MR) is 88.3 cm³/mol. The van der Waals surface area contributed by atoms with Crippen molar-refractivity contribution in [2.24, 2.45) is 0 Å². The Morgan fingerprint density at radius 3 is 2.71 bits per heavy atom. The number of hydrogen-bond donors (Lipinski definition) is 2. The van der Waals surface area contributed by atoms with Gasteiger partial charge in [-0.15, -0.1) is 12.4 Å². The van der Waals surface area contributed by atoms with Crippen molar-refractivity contribution in [2.45, 2.75) is 43.6 Å². The molecule has 1 saturated carbocycles. The molecule has 21 heavy (non-hydrogen) atoms. The lowest BCUT2D eigenvalue weighted by Gasteiger charge is -2.30. The number of nitrogens with one attached hydrogen (secondary N) is 2. The molecule has 3 nitrogen and oxygen atoms in total. The summed E-state index contributed by atoms with van der Waals surface area (Å²) in [6, 6.07) is 8.09. The summed E-state index contributed by atoms with van der Waals surface area (Å²) in [5.74, 6) is 0.186. The molecular weight excluding hydrogens is 307 g/mol. The molecule has 1 amide bonds. The molecule has 2 N–H and O–H groups in total. The van der Waals surface area contributed by atoms with Crippen LogP contribution in [0.5, 0.6) is 0 Å². The lowest BCUT2D eigenvalue weighted by molar-refractivity contribution is -0.127. The van der Waals surface area contributed by atoms with Crippen LogP contribution in [0.15, 0.2) is 24.3 Å². The van der Waals surface area contributed by atoms with E-state index in [4.69, 9.17) is 11.6 Å². The predicted octanol–water partition coefficient (Wildman–Crippen LogP) is 3.05. The topological polar surface area (TPSA) is 41.1 Å². The standard InChI is InChI=1S/C16H21ClN2O.ClH/c17-13-5-3-4-12(10-13)16(7-1-2-8-16)15(20)19-14-6-9-18-11-14;/h3-5,10,14,18H,1-2,6-9,11H2,(H,19,20);1H.